The van der Waals surface area contributed by atoms with Crippen LogP contribution in [0.5, 0.6) is 0 Å². The molecule has 0 atom stereocenters. The molecule has 2 aromatic carbocycles. The number of benzene rings is 2. The van der Waals surface area contributed by atoms with Gasteiger partial charge in [0.15, 0.2) is 9.84 Å². The molecule has 0 saturated heterocycles. The molecule has 0 saturated carbocycles. The van der Waals surface area contributed by atoms with Crippen molar-refractivity contribution in [2.45, 2.75) is 12.3 Å². The van der Waals surface area contributed by atoms with Crippen LogP contribution in [-0.4, -0.2) is 24.2 Å². The number of hydrogen-bond acceptors (Lipinski definition) is 5. The smallest absolute Gasteiger partial charge is 0.274 e. The van der Waals surface area contributed by atoms with Gasteiger partial charge in [-0.3, -0.25) is 4.79 Å². The number of halogens is 1. The molecule has 0 spiro atoms. The minimum Gasteiger partial charge on any atom is -0.342 e. The number of aromatic amines is 1. The van der Waals surface area contributed by atoms with Gasteiger partial charge in [0.05, 0.1) is 12.3 Å². The first-order valence-corrected chi connectivity index (χ1v) is 12.6. The van der Waals surface area contributed by atoms with Crippen molar-refractivity contribution in [3.05, 3.63) is 80.9 Å². The first-order valence-electron chi connectivity index (χ1n) is 10.1. The number of nitrogens with one attached hydrogen (secondary N) is 1. The van der Waals surface area contributed by atoms with Gasteiger partial charge in [0.1, 0.15) is 17.3 Å². The lowest BCUT2D eigenvalue weighted by atomic mass is 9.99. The standard InChI is InChI=1S/C24H19ClN4O3S/c1-28-11-18-17-9-14(13-33(2,31)32)3-8-21(17)29(16-6-4-15(25)5-7-16)12-19-20(10-26)27-23(22(18)19)24(28)30/h3-9,11,27H,12-13H2,1-2H3. The van der Waals surface area contributed by atoms with E-state index < -0.39 is 9.84 Å². The van der Waals surface area contributed by atoms with Crippen molar-refractivity contribution in [3.8, 4) is 17.2 Å². The molecule has 0 aliphatic carbocycles. The fourth-order valence-corrected chi connectivity index (χ4v) is 5.38. The number of nitriles is 1. The maximum Gasteiger partial charge on any atom is 0.274 e. The minimum atomic E-state index is -3.24. The zero-order valence-electron chi connectivity index (χ0n) is 17.9. The summed E-state index contributed by atoms with van der Waals surface area (Å²) in [6.07, 6.45) is 2.95. The summed E-state index contributed by atoms with van der Waals surface area (Å²) in [5, 5.41) is 11.1. The Balaban J connectivity index is 1.88. The monoisotopic (exact) mass is 478 g/mol. The molecule has 2 aromatic heterocycles. The molecular weight excluding hydrogens is 460 g/mol. The molecule has 166 valence electrons. The Morgan fingerprint density at radius 3 is 2.55 bits per heavy atom. The Morgan fingerprint density at radius 1 is 1.15 bits per heavy atom. The average Bonchev–Trinajstić information content (AvgIpc) is 3.06. The van der Waals surface area contributed by atoms with Gasteiger partial charge < -0.3 is 14.5 Å². The van der Waals surface area contributed by atoms with Crippen molar-refractivity contribution in [1.82, 2.24) is 9.55 Å². The van der Waals surface area contributed by atoms with Gasteiger partial charge in [0.25, 0.3) is 5.56 Å². The second-order valence-electron chi connectivity index (χ2n) is 8.28. The third-order valence-corrected chi connectivity index (χ3v) is 6.98. The number of sulfone groups is 1. The molecule has 4 aromatic rings. The second kappa shape index (κ2) is 7.51. The number of H-pyrrole nitrogens is 1. The van der Waals surface area contributed by atoms with Gasteiger partial charge in [-0.15, -0.1) is 0 Å². The number of aromatic nitrogens is 2. The van der Waals surface area contributed by atoms with Crippen LogP contribution in [0.15, 0.2) is 53.5 Å². The van der Waals surface area contributed by atoms with Gasteiger partial charge in [-0.05, 0) is 42.0 Å². The largest absolute Gasteiger partial charge is 0.342 e. The summed E-state index contributed by atoms with van der Waals surface area (Å²) in [5.74, 6) is -0.0976. The highest BCUT2D eigenvalue weighted by Crippen LogP contribution is 2.44. The lowest BCUT2D eigenvalue weighted by molar-refractivity contribution is 0.601. The SMILES string of the molecule is Cn1cc2c3c(c(C#N)[nH]c3c1=O)CN(c1ccc(Cl)cc1)c1ccc(CS(C)(=O)=O)cc1-2. The summed E-state index contributed by atoms with van der Waals surface area (Å²) < 4.78 is 25.4. The second-order valence-corrected chi connectivity index (χ2v) is 10.9. The number of hydrogen-bond donors (Lipinski definition) is 1. The van der Waals surface area contributed by atoms with E-state index in [0.717, 1.165) is 28.1 Å². The zero-order chi connectivity index (χ0) is 23.5. The first-order chi connectivity index (χ1) is 15.7. The van der Waals surface area contributed by atoms with Crippen molar-refractivity contribution in [2.75, 3.05) is 11.2 Å². The summed E-state index contributed by atoms with van der Waals surface area (Å²) in [4.78, 5) is 17.9. The molecule has 0 bridgehead atoms. The van der Waals surface area contributed by atoms with Crippen LogP contribution in [0.3, 0.4) is 0 Å². The van der Waals surface area contributed by atoms with Gasteiger partial charge >= 0.3 is 0 Å². The molecule has 7 nitrogen and oxygen atoms in total. The van der Waals surface area contributed by atoms with E-state index in [4.69, 9.17) is 11.6 Å². The van der Waals surface area contributed by atoms with Gasteiger partial charge in [-0.25, -0.2) is 8.42 Å². The first kappa shape index (κ1) is 21.3. The summed E-state index contributed by atoms with van der Waals surface area (Å²) in [5.41, 5.74) is 5.08. The topological polar surface area (TPSA) is 99.0 Å². The molecule has 0 radical (unpaired) electrons. The van der Waals surface area contributed by atoms with Crippen LogP contribution in [0, 0.1) is 11.3 Å². The van der Waals surface area contributed by atoms with Crippen molar-refractivity contribution >= 4 is 43.7 Å². The van der Waals surface area contributed by atoms with Crippen molar-refractivity contribution in [1.29, 1.82) is 5.26 Å². The van der Waals surface area contributed by atoms with Crippen LogP contribution in [0.25, 0.3) is 22.0 Å². The van der Waals surface area contributed by atoms with E-state index >= 15 is 0 Å². The molecule has 0 fully saturated rings. The van der Waals surface area contributed by atoms with Crippen LogP contribution in [0.1, 0.15) is 16.8 Å². The molecule has 5 rings (SSSR count). The van der Waals surface area contributed by atoms with Crippen LogP contribution in [-0.2, 0) is 29.2 Å². The van der Waals surface area contributed by atoms with Gasteiger partial charge in [0, 0.05) is 58.0 Å². The maximum absolute atomic E-state index is 12.9. The normalized spacial score (nSPS) is 13.0. The lowest BCUT2D eigenvalue weighted by Crippen LogP contribution is -2.17. The molecule has 0 unspecified atom stereocenters. The van der Waals surface area contributed by atoms with Crippen LogP contribution < -0.4 is 10.5 Å². The van der Waals surface area contributed by atoms with E-state index in [-0.39, 0.29) is 11.3 Å². The predicted octanol–water partition coefficient (Wildman–Crippen LogP) is 4.25. The Bertz CT molecular complexity index is 1640. The Morgan fingerprint density at radius 2 is 1.88 bits per heavy atom. The van der Waals surface area contributed by atoms with E-state index in [1.54, 1.807) is 31.4 Å². The summed E-state index contributed by atoms with van der Waals surface area (Å²) >= 11 is 6.11. The van der Waals surface area contributed by atoms with Gasteiger partial charge in [-0.2, -0.15) is 5.26 Å². The zero-order valence-corrected chi connectivity index (χ0v) is 19.5. The van der Waals surface area contributed by atoms with Gasteiger partial charge in [0.2, 0.25) is 0 Å². The van der Waals surface area contributed by atoms with E-state index in [1.807, 2.05) is 29.2 Å². The molecular formula is C24H19ClN4O3S. The van der Waals surface area contributed by atoms with E-state index in [9.17, 15) is 18.5 Å². The maximum atomic E-state index is 12.9. The predicted molar refractivity (Wildman–Crippen MR) is 130 cm³/mol. The number of anilines is 2. The van der Waals surface area contributed by atoms with Crippen molar-refractivity contribution < 1.29 is 8.42 Å². The molecule has 1 aliphatic heterocycles. The Hall–Kier alpha value is -3.54. The molecule has 9 heteroatoms. The molecule has 0 amide bonds. The highest BCUT2D eigenvalue weighted by Gasteiger charge is 2.28. The molecule has 33 heavy (non-hydrogen) atoms. The molecule has 1 aliphatic rings. The fourth-order valence-electron chi connectivity index (χ4n) is 4.47. The number of pyridine rings is 1. The third-order valence-electron chi connectivity index (χ3n) is 5.87. The molecule has 1 N–H and O–H groups in total. The summed E-state index contributed by atoms with van der Waals surface area (Å²) in [6.45, 7) is 0.350. The van der Waals surface area contributed by atoms with Crippen LogP contribution in [0.2, 0.25) is 5.02 Å². The number of fused-ring (bicyclic) bond motifs is 2. The Labute approximate surface area is 195 Å². The number of aryl methyl sites for hydroxylation is 1. The fraction of sp³-hybridized carbons (Fsp3) is 0.167. The van der Waals surface area contributed by atoms with E-state index in [2.05, 4.69) is 11.1 Å². The Kier molecular flexibility index (Phi) is 4.85. The van der Waals surface area contributed by atoms with Crippen LogP contribution in [0.4, 0.5) is 11.4 Å². The highest BCUT2D eigenvalue weighted by atomic mass is 35.5. The van der Waals surface area contributed by atoms with Crippen molar-refractivity contribution in [2.24, 2.45) is 7.05 Å². The van der Waals surface area contributed by atoms with E-state index in [0.29, 0.717) is 33.7 Å². The van der Waals surface area contributed by atoms with Gasteiger partial charge in [-0.1, -0.05) is 17.7 Å². The highest BCUT2D eigenvalue weighted by molar-refractivity contribution is 7.89. The molecule has 3 heterocycles. The van der Waals surface area contributed by atoms with E-state index in [1.165, 1.54) is 10.8 Å². The number of nitrogens with zero attached hydrogens (tertiary/aromatic N) is 3. The van der Waals surface area contributed by atoms with Crippen LogP contribution >= 0.6 is 11.6 Å². The minimum absolute atomic E-state index is 0.0976. The average molecular weight is 479 g/mol. The van der Waals surface area contributed by atoms with Crippen molar-refractivity contribution in [3.63, 3.8) is 0 Å². The summed E-state index contributed by atoms with van der Waals surface area (Å²) in [7, 11) is -1.58. The lowest BCUT2D eigenvalue weighted by Gasteiger charge is -2.26. The quantitative estimate of drug-likeness (QED) is 0.474. The number of rotatable bonds is 3. The summed E-state index contributed by atoms with van der Waals surface area (Å²) in [6, 6.07) is 15.1. The third kappa shape index (κ3) is 3.59.